The second-order valence-electron chi connectivity index (χ2n) is 10.1. The van der Waals surface area contributed by atoms with Gasteiger partial charge in [-0.15, -0.1) is 47.5 Å². The van der Waals surface area contributed by atoms with Gasteiger partial charge in [0, 0.05) is 50.3 Å². The fourth-order valence-electron chi connectivity index (χ4n) is 5.30. The molecule has 0 unspecified atom stereocenters. The van der Waals surface area contributed by atoms with E-state index >= 15 is 0 Å². The number of para-hydroxylation sites is 2. The normalized spacial score (nSPS) is 13.5. The van der Waals surface area contributed by atoms with Crippen molar-refractivity contribution >= 4 is 23.1 Å². The van der Waals surface area contributed by atoms with Crippen LogP contribution in [0.15, 0.2) is 97.3 Å². The van der Waals surface area contributed by atoms with Gasteiger partial charge in [0.05, 0.1) is 0 Å². The van der Waals surface area contributed by atoms with Gasteiger partial charge in [-0.05, 0) is 35.2 Å². The summed E-state index contributed by atoms with van der Waals surface area (Å²) < 4.78 is 4.16. The largest absolute Gasteiger partial charge is 0.494 e. The van der Waals surface area contributed by atoms with Crippen LogP contribution < -0.4 is 4.58 Å². The molecule has 2 aromatic heterocycles. The first-order chi connectivity index (χ1) is 18.4. The van der Waals surface area contributed by atoms with Crippen LogP contribution in [0.3, 0.4) is 0 Å². The Kier molecular flexibility index (Phi) is 7.25. The molecule has 0 saturated heterocycles. The Morgan fingerprint density at radius 1 is 0.795 bits per heavy atom. The molecule has 1 aliphatic carbocycles. The van der Waals surface area contributed by atoms with E-state index in [9.17, 15) is 0 Å². The second kappa shape index (κ2) is 10.6. The molecule has 0 amide bonds. The first-order valence-corrected chi connectivity index (χ1v) is 12.7. The standard InChI is InChI=1S/C22H18N3.C12H10N.Ir/c1-22(2)20-15(16-9-7-13-23-21(16)22)8-6-12-19(20)25-14-24(3)17-10-4-5-11-18(17)25;1-10-7-8-12(13-9-10)11-5-3-2-4-6-11;/h4-11,13H,1-3H3;2-5,7-9H,1H3;/q+1;-1;. The average Bonchev–Trinajstić information content (AvgIpc) is 3.41. The molecule has 39 heavy (non-hydrogen) atoms. The number of rotatable bonds is 2. The van der Waals surface area contributed by atoms with Crippen molar-refractivity contribution in [3.8, 4) is 22.4 Å². The summed E-state index contributed by atoms with van der Waals surface area (Å²) in [4.78, 5) is 9.01. The summed E-state index contributed by atoms with van der Waals surface area (Å²) in [6.45, 7) is 6.52. The zero-order valence-electron chi connectivity index (χ0n) is 22.4. The van der Waals surface area contributed by atoms with E-state index in [0.717, 1.165) is 34.0 Å². The molecule has 0 N–H and O–H groups in total. The van der Waals surface area contributed by atoms with Crippen LogP contribution in [0.25, 0.3) is 22.4 Å². The van der Waals surface area contributed by atoms with Gasteiger partial charge in [0.25, 0.3) is 11.4 Å². The minimum Gasteiger partial charge on any atom is -0.304 e. The molecule has 5 aromatic rings. The van der Waals surface area contributed by atoms with Gasteiger partial charge in [-0.25, -0.2) is 0 Å². The fourth-order valence-corrected chi connectivity index (χ4v) is 5.30. The minimum absolute atomic E-state index is 0. The van der Waals surface area contributed by atoms with Crippen LogP contribution in [0, 0.1) is 19.1 Å². The maximum Gasteiger partial charge on any atom is 0.494 e. The van der Waals surface area contributed by atoms with Gasteiger partial charge in [0.2, 0.25) is 0 Å². The molecule has 1 aliphatic heterocycles. The number of aryl methyl sites for hydroxylation is 1. The number of nitrogens with zero attached hydrogens (tertiary/aromatic N) is 4. The molecule has 0 saturated carbocycles. The third-order valence-corrected chi connectivity index (χ3v) is 7.15. The van der Waals surface area contributed by atoms with E-state index in [2.05, 4.69) is 84.0 Å². The molecule has 3 heterocycles. The van der Waals surface area contributed by atoms with E-state index in [4.69, 9.17) is 4.98 Å². The van der Waals surface area contributed by atoms with Crippen LogP contribution in [0.5, 0.6) is 0 Å². The minimum atomic E-state index is -0.170. The van der Waals surface area contributed by atoms with Crippen LogP contribution in [0.1, 0.15) is 30.7 Å². The average molecular weight is 685 g/mol. The molecule has 5 heteroatoms. The van der Waals surface area contributed by atoms with Gasteiger partial charge in [-0.1, -0.05) is 58.9 Å². The maximum absolute atomic E-state index is 4.69. The monoisotopic (exact) mass is 685 g/mol. The summed E-state index contributed by atoms with van der Waals surface area (Å²) in [5.74, 6) is 0. The molecule has 0 fully saturated rings. The smallest absolute Gasteiger partial charge is 0.304 e. The Labute approximate surface area is 243 Å². The summed E-state index contributed by atoms with van der Waals surface area (Å²) in [6.07, 6.45) is 3.75. The van der Waals surface area contributed by atoms with E-state index in [0.29, 0.717) is 0 Å². The third-order valence-electron chi connectivity index (χ3n) is 7.15. The van der Waals surface area contributed by atoms with Crippen LogP contribution >= 0.6 is 0 Å². The molecule has 3 aromatic carbocycles. The number of aromatic nitrogens is 2. The molecule has 2 aliphatic rings. The van der Waals surface area contributed by atoms with Crippen molar-refractivity contribution in [3.05, 3.63) is 126 Å². The van der Waals surface area contributed by atoms with E-state index in [-0.39, 0.29) is 25.5 Å². The van der Waals surface area contributed by atoms with Gasteiger partial charge >= 0.3 is 6.01 Å². The first kappa shape index (κ1) is 26.6. The fraction of sp³-hybridized carbons (Fsp3) is 0.147. The predicted molar refractivity (Wildman–Crippen MR) is 153 cm³/mol. The molecule has 0 spiro atoms. The van der Waals surface area contributed by atoms with Crippen molar-refractivity contribution in [2.45, 2.75) is 26.2 Å². The summed E-state index contributed by atoms with van der Waals surface area (Å²) in [6, 6.07) is 38.7. The number of hydrogen-bond acceptors (Lipinski definition) is 2. The molecule has 0 atom stereocenters. The van der Waals surface area contributed by atoms with Crippen LogP contribution in [-0.2, 0) is 25.5 Å². The summed E-state index contributed by atoms with van der Waals surface area (Å²) in [5.41, 5.74) is 11.2. The van der Waals surface area contributed by atoms with E-state index in [1.54, 1.807) is 0 Å². The molecule has 1 radical (unpaired) electrons. The predicted octanol–water partition coefficient (Wildman–Crippen LogP) is 7.34. The molecule has 0 bridgehead atoms. The van der Waals surface area contributed by atoms with Crippen LogP contribution in [-0.4, -0.2) is 27.6 Å². The van der Waals surface area contributed by atoms with Gasteiger partial charge < -0.3 is 4.98 Å². The molecule has 193 valence electrons. The van der Waals surface area contributed by atoms with Crippen molar-refractivity contribution in [3.63, 3.8) is 0 Å². The maximum atomic E-state index is 4.69. The number of fused-ring (bicyclic) bond motifs is 4. The Balaban J connectivity index is 0.000000187. The van der Waals surface area contributed by atoms with E-state index in [1.807, 2.05) is 73.4 Å². The van der Waals surface area contributed by atoms with Crippen molar-refractivity contribution < 1.29 is 24.7 Å². The Morgan fingerprint density at radius 3 is 2.33 bits per heavy atom. The zero-order valence-corrected chi connectivity index (χ0v) is 24.8. The first-order valence-electron chi connectivity index (χ1n) is 12.7. The van der Waals surface area contributed by atoms with Gasteiger partial charge in [-0.3, -0.25) is 4.98 Å². The van der Waals surface area contributed by atoms with Crippen molar-refractivity contribution in [1.29, 1.82) is 0 Å². The SMILES string of the molecule is C[N+]1=C=[N+](c2[c-]ccc3c2C(C)(C)c2ncccc2-3)c2ccccc21.Cc1ccc(-c2[c-]cccc2)nc1.[Ir]. The van der Waals surface area contributed by atoms with Crippen molar-refractivity contribution in [2.24, 2.45) is 0 Å². The quantitative estimate of drug-likeness (QED) is 0.144. The van der Waals surface area contributed by atoms with E-state index < -0.39 is 0 Å². The number of benzene rings is 3. The van der Waals surface area contributed by atoms with Gasteiger partial charge in [0.1, 0.15) is 5.69 Å². The van der Waals surface area contributed by atoms with Crippen molar-refractivity contribution in [2.75, 3.05) is 7.05 Å². The van der Waals surface area contributed by atoms with Gasteiger partial charge in [-0.2, -0.15) is 12.1 Å². The Hall–Kier alpha value is -4.01. The molecule has 7 rings (SSSR count). The molecular weight excluding hydrogens is 657 g/mol. The second-order valence-corrected chi connectivity index (χ2v) is 10.1. The van der Waals surface area contributed by atoms with E-state index in [1.165, 1.54) is 22.3 Å². The summed E-state index contributed by atoms with van der Waals surface area (Å²) in [7, 11) is 2.03. The topological polar surface area (TPSA) is 31.8 Å². The number of hydrogen-bond donors (Lipinski definition) is 0. The summed E-state index contributed by atoms with van der Waals surface area (Å²) >= 11 is 0. The van der Waals surface area contributed by atoms with Crippen LogP contribution in [0.4, 0.5) is 17.1 Å². The number of pyridine rings is 2. The third kappa shape index (κ3) is 4.70. The van der Waals surface area contributed by atoms with Gasteiger partial charge in [0.15, 0.2) is 7.05 Å². The van der Waals surface area contributed by atoms with Crippen LogP contribution in [0.2, 0.25) is 0 Å². The summed E-state index contributed by atoms with van der Waals surface area (Å²) in [5, 5.41) is 0. The molecular formula is C34H28IrN4. The Morgan fingerprint density at radius 2 is 1.59 bits per heavy atom. The molecule has 4 nitrogen and oxygen atoms in total. The zero-order chi connectivity index (χ0) is 26.3. The van der Waals surface area contributed by atoms with Crippen molar-refractivity contribution in [1.82, 2.24) is 14.5 Å². The Bertz CT molecular complexity index is 1730.